The summed E-state index contributed by atoms with van der Waals surface area (Å²) in [6, 6.07) is 12.7. The number of hydrogen-bond acceptors (Lipinski definition) is 5. The third-order valence-electron chi connectivity index (χ3n) is 4.76. The van der Waals surface area contributed by atoms with Crippen LogP contribution in [0.25, 0.3) is 28.5 Å². The Morgan fingerprint density at radius 1 is 1.06 bits per heavy atom. The highest BCUT2D eigenvalue weighted by atomic mass is 79.9. The monoisotopic (exact) mass is 532 g/mol. The molecule has 32 heavy (non-hydrogen) atoms. The molecule has 9 heteroatoms. The van der Waals surface area contributed by atoms with E-state index in [1.54, 1.807) is 22.9 Å². The fourth-order valence-electron chi connectivity index (χ4n) is 3.22. The molecule has 0 bridgehead atoms. The van der Waals surface area contributed by atoms with Crippen LogP contribution in [-0.2, 0) is 5.41 Å². The van der Waals surface area contributed by atoms with E-state index in [0.717, 1.165) is 10.0 Å². The molecule has 0 fully saturated rings. The molecule has 4 rings (SSSR count). The summed E-state index contributed by atoms with van der Waals surface area (Å²) in [6.07, 6.45) is 0. The van der Waals surface area contributed by atoms with Crippen LogP contribution in [0.1, 0.15) is 43.9 Å². The zero-order valence-corrected chi connectivity index (χ0v) is 20.9. The summed E-state index contributed by atoms with van der Waals surface area (Å²) in [5.74, 6) is 0.429. The van der Waals surface area contributed by atoms with Crippen molar-refractivity contribution in [2.24, 2.45) is 0 Å². The molecule has 6 nitrogen and oxygen atoms in total. The van der Waals surface area contributed by atoms with Crippen molar-refractivity contribution < 1.29 is 9.21 Å². The predicted molar refractivity (Wildman–Crippen MR) is 129 cm³/mol. The molecule has 0 atom stereocenters. The first kappa shape index (κ1) is 22.7. The van der Waals surface area contributed by atoms with Crippen molar-refractivity contribution >= 4 is 44.9 Å². The first-order chi connectivity index (χ1) is 15.1. The Morgan fingerprint density at radius 3 is 2.31 bits per heavy atom. The van der Waals surface area contributed by atoms with Crippen molar-refractivity contribution in [3.63, 3.8) is 0 Å². The summed E-state index contributed by atoms with van der Waals surface area (Å²) < 4.78 is 8.45. The zero-order chi connectivity index (χ0) is 23.2. The molecular formula is C23H19BrCl2N4O2. The van der Waals surface area contributed by atoms with Crippen LogP contribution in [0.2, 0.25) is 10.0 Å². The molecule has 0 N–H and O–H groups in total. The Morgan fingerprint density at radius 2 is 1.75 bits per heavy atom. The Bertz CT molecular complexity index is 1320. The number of hydrogen-bond donors (Lipinski definition) is 0. The highest BCUT2D eigenvalue weighted by Gasteiger charge is 2.30. The lowest BCUT2D eigenvalue weighted by atomic mass is 9.97. The maximum atomic E-state index is 12.9. The minimum atomic E-state index is -0.349. The lowest BCUT2D eigenvalue weighted by molar-refractivity contribution is 0.101. The van der Waals surface area contributed by atoms with Crippen LogP contribution >= 0.6 is 39.1 Å². The van der Waals surface area contributed by atoms with E-state index < -0.39 is 0 Å². The predicted octanol–water partition coefficient (Wildman–Crippen LogP) is 7.16. The normalized spacial score (nSPS) is 11.7. The van der Waals surface area contributed by atoms with E-state index in [0.29, 0.717) is 38.6 Å². The third-order valence-corrected chi connectivity index (χ3v) is 5.83. The number of halogens is 3. The molecule has 0 amide bonds. The van der Waals surface area contributed by atoms with Gasteiger partial charge in [0.2, 0.25) is 5.89 Å². The number of Topliss-reactive ketones (excluding diaryl/α,β-unsaturated/α-hetero) is 1. The van der Waals surface area contributed by atoms with Gasteiger partial charge in [-0.2, -0.15) is 5.10 Å². The van der Waals surface area contributed by atoms with Gasteiger partial charge in [-0.15, -0.1) is 10.2 Å². The molecule has 4 aromatic rings. The minimum Gasteiger partial charge on any atom is -0.419 e. The van der Waals surface area contributed by atoms with Crippen LogP contribution in [0.4, 0.5) is 0 Å². The standard InChI is InChI=1S/C23H19BrCl2N4O2/c1-12(31)18-19(21-27-28-22(32-21)23(2,3)4)29-30(17-10-9-15(25)11-16(17)26)20(18)13-5-7-14(24)8-6-13/h5-11H,1-4H3. The lowest BCUT2D eigenvalue weighted by Gasteiger charge is -2.11. The maximum absolute atomic E-state index is 12.9. The second-order valence-electron chi connectivity index (χ2n) is 8.31. The Balaban J connectivity index is 2.04. The second-order valence-corrected chi connectivity index (χ2v) is 10.1. The first-order valence-electron chi connectivity index (χ1n) is 9.76. The van der Waals surface area contributed by atoms with Crippen LogP contribution in [-0.4, -0.2) is 25.8 Å². The fraction of sp³-hybridized carbons (Fsp3) is 0.217. The van der Waals surface area contributed by atoms with Gasteiger partial charge < -0.3 is 4.42 Å². The smallest absolute Gasteiger partial charge is 0.269 e. The molecule has 0 radical (unpaired) electrons. The van der Waals surface area contributed by atoms with E-state index >= 15 is 0 Å². The van der Waals surface area contributed by atoms with Gasteiger partial charge in [-0.3, -0.25) is 4.79 Å². The largest absolute Gasteiger partial charge is 0.419 e. The van der Waals surface area contributed by atoms with Crippen molar-refractivity contribution in [1.82, 2.24) is 20.0 Å². The lowest BCUT2D eigenvalue weighted by Crippen LogP contribution is -2.11. The molecule has 2 aromatic carbocycles. The van der Waals surface area contributed by atoms with Crippen LogP contribution in [0.5, 0.6) is 0 Å². The molecule has 0 aliphatic carbocycles. The number of carbonyl (C=O) groups is 1. The van der Waals surface area contributed by atoms with Gasteiger partial charge >= 0.3 is 0 Å². The van der Waals surface area contributed by atoms with Crippen molar-refractivity contribution in [2.75, 3.05) is 0 Å². The maximum Gasteiger partial charge on any atom is 0.269 e. The van der Waals surface area contributed by atoms with Crippen molar-refractivity contribution in [2.45, 2.75) is 33.1 Å². The van der Waals surface area contributed by atoms with Gasteiger partial charge in [0.05, 0.1) is 22.0 Å². The van der Waals surface area contributed by atoms with E-state index in [4.69, 9.17) is 32.7 Å². The molecule has 0 saturated heterocycles. The quantitative estimate of drug-likeness (QED) is 0.260. The Hall–Kier alpha value is -2.48. The average Bonchev–Trinajstić information content (AvgIpc) is 3.33. The van der Waals surface area contributed by atoms with Crippen LogP contribution in [0.15, 0.2) is 51.4 Å². The summed E-state index contributed by atoms with van der Waals surface area (Å²) in [7, 11) is 0. The first-order valence-corrected chi connectivity index (χ1v) is 11.3. The van der Waals surface area contributed by atoms with Crippen molar-refractivity contribution in [1.29, 1.82) is 0 Å². The number of benzene rings is 2. The molecular weight excluding hydrogens is 515 g/mol. The van der Waals surface area contributed by atoms with E-state index in [9.17, 15) is 4.79 Å². The third kappa shape index (κ3) is 4.25. The Labute approximate surface area is 203 Å². The van der Waals surface area contributed by atoms with Gasteiger partial charge in [0.15, 0.2) is 11.5 Å². The summed E-state index contributed by atoms with van der Waals surface area (Å²) in [4.78, 5) is 12.9. The molecule has 2 heterocycles. The molecule has 0 spiro atoms. The summed E-state index contributed by atoms with van der Waals surface area (Å²) in [5.41, 5.74) is 2.22. The van der Waals surface area contributed by atoms with Gasteiger partial charge in [-0.25, -0.2) is 4.68 Å². The van der Waals surface area contributed by atoms with Crippen LogP contribution < -0.4 is 0 Å². The van der Waals surface area contributed by atoms with Crippen LogP contribution in [0, 0.1) is 0 Å². The molecule has 164 valence electrons. The number of ketones is 1. The summed E-state index contributed by atoms with van der Waals surface area (Å²) >= 11 is 16.1. The Kier molecular flexibility index (Phi) is 6.00. The van der Waals surface area contributed by atoms with Gasteiger partial charge in [0.25, 0.3) is 5.89 Å². The van der Waals surface area contributed by atoms with E-state index in [2.05, 4.69) is 26.1 Å². The van der Waals surface area contributed by atoms with Crippen LogP contribution in [0.3, 0.4) is 0 Å². The number of nitrogens with zero attached hydrogens (tertiary/aromatic N) is 4. The summed E-state index contributed by atoms with van der Waals surface area (Å²) in [5, 5.41) is 13.9. The average molecular weight is 534 g/mol. The van der Waals surface area contributed by atoms with Gasteiger partial charge in [-0.05, 0) is 37.3 Å². The molecule has 0 saturated carbocycles. The zero-order valence-electron chi connectivity index (χ0n) is 17.8. The number of carbonyl (C=O) groups excluding carboxylic acids is 1. The van der Waals surface area contributed by atoms with E-state index in [1.165, 1.54) is 6.92 Å². The molecule has 0 aliphatic heterocycles. The van der Waals surface area contributed by atoms with Gasteiger partial charge in [-0.1, -0.05) is 72.0 Å². The van der Waals surface area contributed by atoms with Crippen molar-refractivity contribution in [3.8, 4) is 28.5 Å². The SMILES string of the molecule is CC(=O)c1c(-c2nnc(C(C)(C)C)o2)nn(-c2ccc(Cl)cc2Cl)c1-c1ccc(Br)cc1. The topological polar surface area (TPSA) is 73.8 Å². The fourth-order valence-corrected chi connectivity index (χ4v) is 3.98. The molecule has 2 aromatic heterocycles. The molecule has 0 aliphatic rings. The highest BCUT2D eigenvalue weighted by Crippen LogP contribution is 2.37. The van der Waals surface area contributed by atoms with Gasteiger partial charge in [0, 0.05) is 20.5 Å². The number of rotatable bonds is 4. The summed E-state index contributed by atoms with van der Waals surface area (Å²) in [6.45, 7) is 7.39. The highest BCUT2D eigenvalue weighted by molar-refractivity contribution is 9.10. The second kappa shape index (κ2) is 8.46. The molecule has 0 unspecified atom stereocenters. The van der Waals surface area contributed by atoms with E-state index in [1.807, 2.05) is 45.0 Å². The van der Waals surface area contributed by atoms with Gasteiger partial charge in [0.1, 0.15) is 0 Å². The van der Waals surface area contributed by atoms with Crippen molar-refractivity contribution in [3.05, 3.63) is 68.4 Å². The minimum absolute atomic E-state index is 0.169. The number of aromatic nitrogens is 4. The van der Waals surface area contributed by atoms with E-state index in [-0.39, 0.29) is 17.1 Å².